The van der Waals surface area contributed by atoms with Crippen molar-refractivity contribution >= 4 is 18.0 Å². The zero-order valence-corrected chi connectivity index (χ0v) is 17.6. The number of hydrazine groups is 1. The van der Waals surface area contributed by atoms with E-state index in [1.165, 1.54) is 5.56 Å². The van der Waals surface area contributed by atoms with Crippen molar-refractivity contribution in [2.75, 3.05) is 18.1 Å². The van der Waals surface area contributed by atoms with E-state index in [2.05, 4.69) is 6.07 Å². The molecular formula is C24H28N4O2. The number of nitrogens with two attached hydrogens (primary N) is 1. The van der Waals surface area contributed by atoms with Gasteiger partial charge in [0, 0.05) is 18.7 Å². The molecule has 3 rings (SSSR count). The van der Waals surface area contributed by atoms with Crippen molar-refractivity contribution in [2.45, 2.75) is 45.4 Å². The molecule has 0 aromatic heterocycles. The van der Waals surface area contributed by atoms with Gasteiger partial charge < -0.3 is 4.90 Å². The predicted octanol–water partition coefficient (Wildman–Crippen LogP) is 3.54. The van der Waals surface area contributed by atoms with Crippen molar-refractivity contribution < 1.29 is 9.59 Å². The van der Waals surface area contributed by atoms with Crippen LogP contribution >= 0.6 is 0 Å². The van der Waals surface area contributed by atoms with Gasteiger partial charge in [0.1, 0.15) is 0 Å². The highest BCUT2D eigenvalue weighted by atomic mass is 16.2. The van der Waals surface area contributed by atoms with Gasteiger partial charge in [-0.1, -0.05) is 32.0 Å². The molecule has 2 amide bonds. The normalized spacial score (nSPS) is 14.3. The second-order valence-corrected chi connectivity index (χ2v) is 7.66. The topological polar surface area (TPSA) is 90.4 Å². The molecule has 1 heterocycles. The molecule has 1 aliphatic rings. The van der Waals surface area contributed by atoms with Crippen LogP contribution in [0.2, 0.25) is 0 Å². The fourth-order valence-electron chi connectivity index (χ4n) is 4.17. The van der Waals surface area contributed by atoms with Crippen LogP contribution < -0.4 is 10.9 Å². The molecule has 1 aliphatic heterocycles. The quantitative estimate of drug-likeness (QED) is 0.345. The summed E-state index contributed by atoms with van der Waals surface area (Å²) in [5.41, 5.74) is 5.02. The van der Waals surface area contributed by atoms with E-state index in [9.17, 15) is 9.59 Å². The van der Waals surface area contributed by atoms with Crippen LogP contribution in [0.3, 0.4) is 0 Å². The van der Waals surface area contributed by atoms with Crippen molar-refractivity contribution in [1.82, 2.24) is 4.90 Å². The van der Waals surface area contributed by atoms with Crippen LogP contribution in [0.5, 0.6) is 0 Å². The predicted molar refractivity (Wildman–Crippen MR) is 117 cm³/mol. The van der Waals surface area contributed by atoms with Crippen molar-refractivity contribution in [2.24, 2.45) is 5.84 Å². The highest BCUT2D eigenvalue weighted by Gasteiger charge is 2.26. The first-order valence-electron chi connectivity index (χ1n) is 10.5. The van der Waals surface area contributed by atoms with Crippen LogP contribution in [0.15, 0.2) is 36.4 Å². The molecule has 2 aromatic carbocycles. The molecule has 0 spiro atoms. The van der Waals surface area contributed by atoms with Crippen LogP contribution in [0.1, 0.15) is 65.2 Å². The van der Waals surface area contributed by atoms with Gasteiger partial charge in [-0.15, -0.1) is 0 Å². The summed E-state index contributed by atoms with van der Waals surface area (Å²) in [5.74, 6) is 6.22. The number of piperidine rings is 1. The lowest BCUT2D eigenvalue weighted by atomic mass is 9.88. The van der Waals surface area contributed by atoms with Crippen LogP contribution in [0, 0.1) is 11.3 Å². The average Bonchev–Trinajstić information content (AvgIpc) is 2.82. The Bertz CT molecular complexity index is 954. The first-order valence-corrected chi connectivity index (χ1v) is 10.5. The van der Waals surface area contributed by atoms with Gasteiger partial charge in [-0.2, -0.15) is 5.26 Å². The molecule has 0 bridgehead atoms. The summed E-state index contributed by atoms with van der Waals surface area (Å²) in [6, 6.07) is 13.6. The van der Waals surface area contributed by atoms with Crippen molar-refractivity contribution in [3.63, 3.8) is 0 Å². The molecule has 1 saturated heterocycles. The average molecular weight is 405 g/mol. The van der Waals surface area contributed by atoms with Gasteiger partial charge in [0.25, 0.3) is 5.91 Å². The maximum atomic E-state index is 13.3. The van der Waals surface area contributed by atoms with Crippen LogP contribution in [0.25, 0.3) is 0 Å². The minimum atomic E-state index is -0.00618. The molecule has 2 N–H and O–H groups in total. The maximum Gasteiger partial charge on any atom is 0.254 e. The fourth-order valence-corrected chi connectivity index (χ4v) is 4.17. The van der Waals surface area contributed by atoms with Gasteiger partial charge in [-0.3, -0.25) is 14.6 Å². The summed E-state index contributed by atoms with van der Waals surface area (Å²) in [7, 11) is 0. The lowest BCUT2D eigenvalue weighted by Gasteiger charge is -2.33. The highest BCUT2D eigenvalue weighted by Crippen LogP contribution is 2.31. The Kier molecular flexibility index (Phi) is 6.86. The Labute approximate surface area is 177 Å². The largest absolute Gasteiger partial charge is 0.339 e. The third-order valence-electron chi connectivity index (χ3n) is 5.98. The molecule has 30 heavy (non-hydrogen) atoms. The fraction of sp³-hybridized carbons (Fsp3) is 0.375. The Balaban J connectivity index is 1.78. The first kappa shape index (κ1) is 21.5. The van der Waals surface area contributed by atoms with Gasteiger partial charge in [0.05, 0.1) is 17.3 Å². The SMILES string of the molecule is CCc1cc(CC)c(N(N)C=O)cc1C(=O)N1CCC(c2ccc(C#N)cc2)CC1. The van der Waals surface area contributed by atoms with E-state index in [-0.39, 0.29) is 5.91 Å². The standard InChI is InChI=1S/C24H28N4O2/c1-3-18-13-19(4-2)23(28(26)16-29)14-22(18)24(30)27-11-9-21(10-12-27)20-7-5-17(15-25)6-8-20/h5-8,13-14,16,21H,3-4,9-12,26H2,1-2H3. The molecule has 0 aliphatic carbocycles. The number of hydrogen-bond donors (Lipinski definition) is 1. The van der Waals surface area contributed by atoms with E-state index in [1.807, 2.05) is 49.1 Å². The second-order valence-electron chi connectivity index (χ2n) is 7.66. The molecule has 0 radical (unpaired) electrons. The molecule has 0 unspecified atom stereocenters. The minimum Gasteiger partial charge on any atom is -0.339 e. The minimum absolute atomic E-state index is 0.00618. The lowest BCUT2D eigenvalue weighted by Crippen LogP contribution is -2.38. The Morgan fingerprint density at radius 1 is 1.17 bits per heavy atom. The van der Waals surface area contributed by atoms with E-state index < -0.39 is 0 Å². The van der Waals surface area contributed by atoms with E-state index in [4.69, 9.17) is 11.1 Å². The number of amides is 2. The van der Waals surface area contributed by atoms with Gasteiger partial charge in [-0.25, -0.2) is 5.84 Å². The number of carbonyl (C=O) groups is 2. The highest BCUT2D eigenvalue weighted by molar-refractivity contribution is 5.97. The maximum absolute atomic E-state index is 13.3. The molecule has 2 aromatic rings. The van der Waals surface area contributed by atoms with Gasteiger partial charge in [0.2, 0.25) is 6.41 Å². The number of rotatable bonds is 6. The van der Waals surface area contributed by atoms with Crippen molar-refractivity contribution in [1.29, 1.82) is 5.26 Å². The zero-order valence-electron chi connectivity index (χ0n) is 17.6. The number of nitriles is 1. The summed E-state index contributed by atoms with van der Waals surface area (Å²) in [4.78, 5) is 26.4. The Morgan fingerprint density at radius 2 is 1.80 bits per heavy atom. The van der Waals surface area contributed by atoms with Gasteiger partial charge >= 0.3 is 0 Å². The number of likely N-dealkylation sites (tertiary alicyclic amines) is 1. The number of anilines is 1. The molecular weight excluding hydrogens is 376 g/mol. The molecule has 0 saturated carbocycles. The van der Waals surface area contributed by atoms with Crippen LogP contribution in [-0.2, 0) is 17.6 Å². The second kappa shape index (κ2) is 9.55. The van der Waals surface area contributed by atoms with Crippen LogP contribution in [-0.4, -0.2) is 30.3 Å². The first-order chi connectivity index (χ1) is 14.5. The lowest BCUT2D eigenvalue weighted by molar-refractivity contribution is -0.107. The van der Waals surface area contributed by atoms with Crippen molar-refractivity contribution in [3.05, 3.63) is 64.2 Å². The summed E-state index contributed by atoms with van der Waals surface area (Å²) in [6.07, 6.45) is 3.81. The number of nitrogens with zero attached hydrogens (tertiary/aromatic N) is 3. The van der Waals surface area contributed by atoms with E-state index in [1.54, 1.807) is 6.07 Å². The van der Waals surface area contributed by atoms with E-state index in [0.29, 0.717) is 42.2 Å². The van der Waals surface area contributed by atoms with E-state index >= 15 is 0 Å². The molecule has 6 heteroatoms. The number of carbonyl (C=O) groups excluding carboxylic acids is 2. The molecule has 156 valence electrons. The summed E-state index contributed by atoms with van der Waals surface area (Å²) in [5, 5.41) is 10.0. The Morgan fingerprint density at radius 3 is 2.33 bits per heavy atom. The number of benzene rings is 2. The molecule has 1 fully saturated rings. The monoisotopic (exact) mass is 404 g/mol. The van der Waals surface area contributed by atoms with Crippen LogP contribution in [0.4, 0.5) is 5.69 Å². The summed E-state index contributed by atoms with van der Waals surface area (Å²) in [6.45, 7) is 5.39. The zero-order chi connectivity index (χ0) is 21.7. The Hall–Kier alpha value is -3.17. The molecule has 0 atom stereocenters. The molecule has 6 nitrogen and oxygen atoms in total. The van der Waals surface area contributed by atoms with Gasteiger partial charge in [0.15, 0.2) is 0 Å². The van der Waals surface area contributed by atoms with E-state index in [0.717, 1.165) is 41.8 Å². The van der Waals surface area contributed by atoms with Crippen molar-refractivity contribution in [3.8, 4) is 6.07 Å². The summed E-state index contributed by atoms with van der Waals surface area (Å²) < 4.78 is 0. The smallest absolute Gasteiger partial charge is 0.254 e. The van der Waals surface area contributed by atoms with Gasteiger partial charge in [-0.05, 0) is 66.5 Å². The number of aryl methyl sites for hydroxylation is 2. The third kappa shape index (κ3) is 4.37. The summed E-state index contributed by atoms with van der Waals surface area (Å²) >= 11 is 0. The number of hydrogen-bond acceptors (Lipinski definition) is 4. The third-order valence-corrected chi connectivity index (χ3v) is 5.98.